The molecule has 2 aromatic carbocycles. The average molecular weight is 259 g/mol. The van der Waals surface area contributed by atoms with E-state index in [1.165, 1.54) is 0 Å². The van der Waals surface area contributed by atoms with Crippen LogP contribution >= 0.6 is 0 Å². The summed E-state index contributed by atoms with van der Waals surface area (Å²) in [5.41, 5.74) is 8.25. The lowest BCUT2D eigenvalue weighted by molar-refractivity contribution is 0.280. The predicted molar refractivity (Wildman–Crippen MR) is 74.1 cm³/mol. The van der Waals surface area contributed by atoms with Crippen molar-refractivity contribution in [1.29, 1.82) is 0 Å². The molecule has 4 nitrogen and oxygen atoms in total. The molecule has 0 heterocycles. The summed E-state index contributed by atoms with van der Waals surface area (Å²) in [4.78, 5) is 0. The van der Waals surface area contributed by atoms with Crippen molar-refractivity contribution in [2.45, 2.75) is 13.2 Å². The van der Waals surface area contributed by atoms with Crippen molar-refractivity contribution in [2.75, 3.05) is 12.8 Å². The minimum absolute atomic E-state index is 0.0458. The third-order valence-electron chi connectivity index (χ3n) is 2.79. The van der Waals surface area contributed by atoms with Gasteiger partial charge in [0, 0.05) is 11.8 Å². The summed E-state index contributed by atoms with van der Waals surface area (Å²) in [6.45, 7) is 0.468. The van der Waals surface area contributed by atoms with Crippen molar-refractivity contribution in [3.8, 4) is 11.5 Å². The molecule has 19 heavy (non-hydrogen) atoms. The number of hydrogen-bond acceptors (Lipinski definition) is 4. The zero-order valence-electron chi connectivity index (χ0n) is 10.8. The first-order valence-corrected chi connectivity index (χ1v) is 5.98. The number of benzene rings is 2. The van der Waals surface area contributed by atoms with Gasteiger partial charge in [-0.25, -0.2) is 0 Å². The Morgan fingerprint density at radius 2 is 1.68 bits per heavy atom. The fraction of sp³-hybridized carbons (Fsp3) is 0.200. The maximum Gasteiger partial charge on any atom is 0.163 e. The minimum Gasteiger partial charge on any atom is -0.493 e. The van der Waals surface area contributed by atoms with Gasteiger partial charge in [-0.1, -0.05) is 24.3 Å². The number of rotatable bonds is 5. The van der Waals surface area contributed by atoms with Crippen LogP contribution in [-0.2, 0) is 13.2 Å². The molecule has 100 valence electrons. The topological polar surface area (TPSA) is 64.7 Å². The highest BCUT2D eigenvalue weighted by molar-refractivity contribution is 5.52. The van der Waals surface area contributed by atoms with E-state index in [1.807, 2.05) is 24.3 Å². The van der Waals surface area contributed by atoms with Crippen LogP contribution in [0.3, 0.4) is 0 Å². The summed E-state index contributed by atoms with van der Waals surface area (Å²) in [6, 6.07) is 12.9. The van der Waals surface area contributed by atoms with Gasteiger partial charge in [-0.05, 0) is 23.3 Å². The molecular formula is C15H17NO3. The Morgan fingerprint density at radius 1 is 1.00 bits per heavy atom. The quantitative estimate of drug-likeness (QED) is 0.809. The fourth-order valence-electron chi connectivity index (χ4n) is 1.71. The van der Waals surface area contributed by atoms with Gasteiger partial charge in [-0.2, -0.15) is 0 Å². The molecule has 0 saturated heterocycles. The summed E-state index contributed by atoms with van der Waals surface area (Å²) < 4.78 is 10.9. The van der Waals surface area contributed by atoms with Crippen LogP contribution in [0.2, 0.25) is 0 Å². The van der Waals surface area contributed by atoms with Crippen molar-refractivity contribution < 1.29 is 14.6 Å². The van der Waals surface area contributed by atoms with E-state index in [0.29, 0.717) is 23.8 Å². The van der Waals surface area contributed by atoms with Gasteiger partial charge in [0.15, 0.2) is 11.5 Å². The number of hydrogen-bond donors (Lipinski definition) is 2. The van der Waals surface area contributed by atoms with Crippen LogP contribution in [0.4, 0.5) is 5.69 Å². The Hall–Kier alpha value is -2.20. The molecule has 0 fully saturated rings. The Kier molecular flexibility index (Phi) is 4.26. The van der Waals surface area contributed by atoms with Gasteiger partial charge in [-0.15, -0.1) is 0 Å². The standard InChI is InChI=1S/C15H17NO3/c1-18-14-7-6-13(16)8-15(14)19-10-12-4-2-11(9-17)3-5-12/h2-8,17H,9-10,16H2,1H3. The second-order valence-electron chi connectivity index (χ2n) is 4.17. The van der Waals surface area contributed by atoms with Crippen molar-refractivity contribution in [2.24, 2.45) is 0 Å². The molecular weight excluding hydrogens is 242 g/mol. The molecule has 2 aromatic rings. The van der Waals surface area contributed by atoms with Gasteiger partial charge in [-0.3, -0.25) is 0 Å². The van der Waals surface area contributed by atoms with Crippen LogP contribution < -0.4 is 15.2 Å². The zero-order chi connectivity index (χ0) is 13.7. The van der Waals surface area contributed by atoms with E-state index in [1.54, 1.807) is 25.3 Å². The third kappa shape index (κ3) is 3.39. The minimum atomic E-state index is 0.0458. The molecule has 2 rings (SSSR count). The third-order valence-corrected chi connectivity index (χ3v) is 2.79. The molecule has 0 saturated carbocycles. The maximum absolute atomic E-state index is 8.97. The molecule has 0 aliphatic heterocycles. The largest absolute Gasteiger partial charge is 0.493 e. The van der Waals surface area contributed by atoms with Crippen LogP contribution in [0.1, 0.15) is 11.1 Å². The Balaban J connectivity index is 2.07. The molecule has 0 aliphatic carbocycles. The zero-order valence-corrected chi connectivity index (χ0v) is 10.8. The normalized spacial score (nSPS) is 10.2. The van der Waals surface area contributed by atoms with Gasteiger partial charge in [0.2, 0.25) is 0 Å². The van der Waals surface area contributed by atoms with Gasteiger partial charge in [0.1, 0.15) is 6.61 Å². The number of nitrogen functional groups attached to an aromatic ring is 1. The first-order chi connectivity index (χ1) is 9.22. The van der Waals surface area contributed by atoms with Crippen LogP contribution in [0.15, 0.2) is 42.5 Å². The van der Waals surface area contributed by atoms with E-state index >= 15 is 0 Å². The van der Waals surface area contributed by atoms with E-state index < -0.39 is 0 Å². The van der Waals surface area contributed by atoms with E-state index in [0.717, 1.165) is 11.1 Å². The molecule has 0 bridgehead atoms. The lowest BCUT2D eigenvalue weighted by atomic mass is 10.1. The van der Waals surface area contributed by atoms with E-state index in [9.17, 15) is 0 Å². The van der Waals surface area contributed by atoms with Crippen LogP contribution in [0, 0.1) is 0 Å². The Morgan fingerprint density at radius 3 is 2.32 bits per heavy atom. The van der Waals surface area contributed by atoms with Crippen molar-refractivity contribution in [3.05, 3.63) is 53.6 Å². The molecule has 0 unspecified atom stereocenters. The SMILES string of the molecule is COc1ccc(N)cc1OCc1ccc(CO)cc1. The lowest BCUT2D eigenvalue weighted by Crippen LogP contribution is -1.99. The summed E-state index contributed by atoms with van der Waals surface area (Å²) in [7, 11) is 1.59. The predicted octanol–water partition coefficient (Wildman–Crippen LogP) is 2.35. The maximum atomic E-state index is 8.97. The smallest absolute Gasteiger partial charge is 0.163 e. The molecule has 3 N–H and O–H groups in total. The number of aliphatic hydroxyl groups excluding tert-OH is 1. The molecule has 0 atom stereocenters. The average Bonchev–Trinajstić information content (AvgIpc) is 2.46. The molecule has 0 aromatic heterocycles. The summed E-state index contributed by atoms with van der Waals surface area (Å²) in [6.07, 6.45) is 0. The number of anilines is 1. The van der Waals surface area contributed by atoms with Crippen LogP contribution in [-0.4, -0.2) is 12.2 Å². The number of ether oxygens (including phenoxy) is 2. The molecule has 4 heteroatoms. The van der Waals surface area contributed by atoms with Gasteiger partial charge in [0.05, 0.1) is 13.7 Å². The number of aliphatic hydroxyl groups is 1. The van der Waals surface area contributed by atoms with Crippen molar-refractivity contribution in [3.63, 3.8) is 0 Å². The lowest BCUT2D eigenvalue weighted by Gasteiger charge is -2.11. The van der Waals surface area contributed by atoms with Crippen LogP contribution in [0.5, 0.6) is 11.5 Å². The van der Waals surface area contributed by atoms with Gasteiger partial charge in [0.25, 0.3) is 0 Å². The highest BCUT2D eigenvalue weighted by Crippen LogP contribution is 2.29. The first-order valence-electron chi connectivity index (χ1n) is 5.98. The number of methoxy groups -OCH3 is 1. The van der Waals surface area contributed by atoms with Gasteiger partial charge < -0.3 is 20.3 Å². The first kappa shape index (κ1) is 13.2. The molecule has 0 aliphatic rings. The second kappa shape index (κ2) is 6.11. The fourth-order valence-corrected chi connectivity index (χ4v) is 1.71. The molecule has 0 radical (unpaired) electrons. The Labute approximate surface area is 112 Å². The summed E-state index contributed by atoms with van der Waals surface area (Å²) in [5, 5.41) is 8.97. The van der Waals surface area contributed by atoms with E-state index in [2.05, 4.69) is 0 Å². The van der Waals surface area contributed by atoms with Crippen LogP contribution in [0.25, 0.3) is 0 Å². The molecule has 0 amide bonds. The summed E-state index contributed by atoms with van der Waals surface area (Å²) >= 11 is 0. The van der Waals surface area contributed by atoms with Crippen molar-refractivity contribution in [1.82, 2.24) is 0 Å². The van der Waals surface area contributed by atoms with E-state index in [4.69, 9.17) is 20.3 Å². The second-order valence-corrected chi connectivity index (χ2v) is 4.17. The van der Waals surface area contributed by atoms with Gasteiger partial charge >= 0.3 is 0 Å². The highest BCUT2D eigenvalue weighted by Gasteiger charge is 2.05. The number of nitrogens with two attached hydrogens (primary N) is 1. The Bertz CT molecular complexity index is 538. The monoisotopic (exact) mass is 259 g/mol. The van der Waals surface area contributed by atoms with E-state index in [-0.39, 0.29) is 6.61 Å². The van der Waals surface area contributed by atoms with Crippen molar-refractivity contribution >= 4 is 5.69 Å². The summed E-state index contributed by atoms with van der Waals surface area (Å²) in [5.74, 6) is 1.27. The molecule has 0 spiro atoms. The highest BCUT2D eigenvalue weighted by atomic mass is 16.5.